The summed E-state index contributed by atoms with van der Waals surface area (Å²) >= 11 is 1.68. The van der Waals surface area contributed by atoms with E-state index in [2.05, 4.69) is 0 Å². The van der Waals surface area contributed by atoms with Gasteiger partial charge in [0.15, 0.2) is 0 Å². The lowest BCUT2D eigenvalue weighted by atomic mass is 10.3. The third-order valence-corrected chi connectivity index (χ3v) is 1.40. The first-order valence-electron chi connectivity index (χ1n) is 3.91. The Labute approximate surface area is 67.1 Å². The molecule has 1 N–H and O–H groups in total. The van der Waals surface area contributed by atoms with E-state index in [1.54, 1.807) is 22.6 Å². The van der Waals surface area contributed by atoms with E-state index in [-0.39, 0.29) is 27.4 Å². The number of halogens is 1. The molecule has 0 heterocycles. The number of para-hydroxylation sites is 1. The molecular weight excluding hydrogens is 215 g/mol. The van der Waals surface area contributed by atoms with Crippen molar-refractivity contribution in [3.63, 3.8) is 0 Å². The Balaban J connectivity index is 3.60. The molecule has 0 fully saturated rings. The van der Waals surface area contributed by atoms with Crippen molar-refractivity contribution in [2.24, 2.45) is 0 Å². The van der Waals surface area contributed by atoms with Crippen molar-refractivity contribution in [1.29, 1.82) is 0 Å². The first-order chi connectivity index (χ1) is 5.46. The maximum Gasteiger partial charge on any atom is 0.128 e. The molecule has 0 spiro atoms. The molecule has 0 unspecified atom stereocenters. The molecule has 1 aromatic rings. The lowest BCUT2D eigenvalue weighted by Crippen LogP contribution is -1.67. The average Bonchev–Trinajstić information content (AvgIpc) is 2.08. The van der Waals surface area contributed by atoms with Gasteiger partial charge >= 0.3 is 0 Å². The zero-order valence-corrected chi connectivity index (χ0v) is 5.98. The van der Waals surface area contributed by atoms with E-state index in [4.69, 9.17) is 5.48 Å². The van der Waals surface area contributed by atoms with Gasteiger partial charge in [-0.15, -0.1) is 0 Å². The normalized spacial score (nSPS) is 16.1. The third kappa shape index (κ3) is 1.12. The minimum Gasteiger partial charge on any atom is -0.507 e. The van der Waals surface area contributed by atoms with Crippen LogP contribution in [0.2, 0.25) is 0 Å². The zero-order valence-electron chi connectivity index (χ0n) is 7.83. The number of aromatic hydroxyl groups is 1. The summed E-state index contributed by atoms with van der Waals surface area (Å²) in [5.74, 6) is -0.387. The van der Waals surface area contributed by atoms with Gasteiger partial charge in [-0.3, -0.25) is 0 Å². The van der Waals surface area contributed by atoms with Gasteiger partial charge in [0.05, 0.1) is 9.05 Å². The van der Waals surface area contributed by atoms with Gasteiger partial charge < -0.3 is 5.11 Å². The molecule has 8 heavy (non-hydrogen) atoms. The first kappa shape index (κ1) is 2.56. The molecule has 0 radical (unpaired) electrons. The molecule has 2 heteroatoms. The fourth-order valence-electron chi connectivity index (χ4n) is 0.291. The Bertz CT molecular complexity index is 234. The number of benzene rings is 1. The largest absolute Gasteiger partial charge is 0.507 e. The minimum absolute atomic E-state index is 0.151. The molecule has 1 nitrogen and oxygen atoms in total. The van der Waals surface area contributed by atoms with Crippen molar-refractivity contribution in [3.8, 4) is 5.75 Å². The zero-order chi connectivity index (χ0) is 9.46. The molecule has 0 atom stereocenters. The summed E-state index contributed by atoms with van der Waals surface area (Å²) in [5.41, 5.74) is 0. The molecule has 0 amide bonds. The highest BCUT2D eigenvalue weighted by Gasteiger charge is 1.89. The highest BCUT2D eigenvalue weighted by atomic mass is 127. The summed E-state index contributed by atoms with van der Waals surface area (Å²) in [6.45, 7) is 0. The van der Waals surface area contributed by atoms with Crippen LogP contribution in [0.3, 0.4) is 0 Å². The summed E-state index contributed by atoms with van der Waals surface area (Å²) in [6, 6.07) is -1.31. The summed E-state index contributed by atoms with van der Waals surface area (Å²) in [7, 11) is 0. The van der Waals surface area contributed by atoms with Crippen LogP contribution in [-0.4, -0.2) is 5.11 Å². The van der Waals surface area contributed by atoms with E-state index in [0.717, 1.165) is 0 Å². The molecule has 0 aliphatic carbocycles. The predicted octanol–water partition coefficient (Wildman–Crippen LogP) is 2.00. The highest BCUT2D eigenvalue weighted by molar-refractivity contribution is 14.1. The van der Waals surface area contributed by atoms with Crippen LogP contribution in [-0.2, 0) is 0 Å². The van der Waals surface area contributed by atoms with Gasteiger partial charge in [0.2, 0.25) is 0 Å². The van der Waals surface area contributed by atoms with Gasteiger partial charge in [0.25, 0.3) is 0 Å². The van der Waals surface area contributed by atoms with Crippen molar-refractivity contribution in [3.05, 3.63) is 27.7 Å². The summed E-state index contributed by atoms with van der Waals surface area (Å²) < 4.78 is 29.0. The van der Waals surface area contributed by atoms with Crippen molar-refractivity contribution in [2.75, 3.05) is 0 Å². The number of phenolic OH excluding ortho intramolecular Hbond substituents is 1. The Morgan fingerprint density at radius 3 is 2.88 bits per heavy atom. The Hall–Kier alpha value is -0.250. The summed E-state index contributed by atoms with van der Waals surface area (Å²) in [5, 5.41) is 9.17. The molecule has 0 aromatic heterocycles. The second-order valence-corrected chi connectivity index (χ2v) is 2.24. The van der Waals surface area contributed by atoms with Crippen LogP contribution in [0.25, 0.3) is 0 Å². The smallest absolute Gasteiger partial charge is 0.128 e. The fraction of sp³-hybridized carbons (Fsp3) is 0. The SMILES string of the molecule is [2H]c1c([2H])c([2H])c(I)c(O)c1[2H]. The van der Waals surface area contributed by atoms with E-state index in [1.165, 1.54) is 0 Å². The van der Waals surface area contributed by atoms with Crippen molar-refractivity contribution in [1.82, 2.24) is 0 Å². The number of phenols is 1. The van der Waals surface area contributed by atoms with Gasteiger partial charge in [0.1, 0.15) is 5.75 Å². The fourth-order valence-corrected chi connectivity index (χ4v) is 0.560. The number of hydrogen-bond donors (Lipinski definition) is 1. The van der Waals surface area contributed by atoms with Crippen molar-refractivity contribution < 1.29 is 10.6 Å². The molecule has 42 valence electrons. The van der Waals surface area contributed by atoms with Crippen molar-refractivity contribution >= 4 is 22.6 Å². The predicted molar refractivity (Wildman–Crippen MR) is 40.8 cm³/mol. The van der Waals surface area contributed by atoms with Crippen LogP contribution >= 0.6 is 22.6 Å². The molecule has 0 aliphatic heterocycles. The van der Waals surface area contributed by atoms with E-state index >= 15 is 0 Å². The number of rotatable bonds is 0. The maximum atomic E-state index is 9.17. The van der Waals surface area contributed by atoms with E-state index in [9.17, 15) is 5.11 Å². The Morgan fingerprint density at radius 1 is 1.50 bits per heavy atom. The van der Waals surface area contributed by atoms with E-state index < -0.39 is 6.04 Å². The maximum absolute atomic E-state index is 9.17. The summed E-state index contributed by atoms with van der Waals surface area (Å²) in [4.78, 5) is 0. The van der Waals surface area contributed by atoms with Crippen LogP contribution in [0.1, 0.15) is 5.48 Å². The topological polar surface area (TPSA) is 20.2 Å². The Morgan fingerprint density at radius 2 is 2.12 bits per heavy atom. The monoisotopic (exact) mass is 224 g/mol. The lowest BCUT2D eigenvalue weighted by Gasteiger charge is -1.90. The molecule has 0 saturated carbocycles. The second-order valence-electron chi connectivity index (χ2n) is 1.16. The minimum atomic E-state index is -0.405. The molecule has 1 rings (SSSR count). The molecule has 0 aliphatic rings. The summed E-state index contributed by atoms with van der Waals surface area (Å²) in [6.07, 6.45) is 0. The van der Waals surface area contributed by atoms with Crippen LogP contribution in [0.15, 0.2) is 24.2 Å². The standard InChI is InChI=1S/C6H5IO/c7-5-3-1-2-4-6(5)8/h1-4,8H/i1D,2D,3D,4D. The molecular formula is C6H5IO. The Kier molecular flexibility index (Phi) is 0.751. The van der Waals surface area contributed by atoms with E-state index in [1.807, 2.05) is 0 Å². The van der Waals surface area contributed by atoms with Gasteiger partial charge in [-0.05, 0) is 34.7 Å². The van der Waals surface area contributed by atoms with Crippen LogP contribution in [0.4, 0.5) is 0 Å². The average molecular weight is 224 g/mol. The van der Waals surface area contributed by atoms with Gasteiger partial charge in [-0.2, -0.15) is 0 Å². The van der Waals surface area contributed by atoms with E-state index in [0.29, 0.717) is 0 Å². The number of hydrogen-bond acceptors (Lipinski definition) is 1. The van der Waals surface area contributed by atoms with Gasteiger partial charge in [-0.25, -0.2) is 0 Å². The quantitative estimate of drug-likeness (QED) is 0.668. The molecule has 1 aromatic carbocycles. The van der Waals surface area contributed by atoms with Gasteiger partial charge in [0, 0.05) is 0 Å². The van der Waals surface area contributed by atoms with Crippen LogP contribution < -0.4 is 0 Å². The lowest BCUT2D eigenvalue weighted by molar-refractivity contribution is 0.471. The molecule has 0 saturated heterocycles. The third-order valence-electron chi connectivity index (χ3n) is 0.624. The van der Waals surface area contributed by atoms with Gasteiger partial charge in [-0.1, -0.05) is 12.1 Å². The highest BCUT2D eigenvalue weighted by Crippen LogP contribution is 2.16. The first-order valence-corrected chi connectivity index (χ1v) is 2.99. The molecule has 0 bridgehead atoms. The van der Waals surface area contributed by atoms with Crippen molar-refractivity contribution in [2.45, 2.75) is 0 Å². The van der Waals surface area contributed by atoms with Crippen LogP contribution in [0, 0.1) is 3.57 Å². The second kappa shape index (κ2) is 2.35. The van der Waals surface area contributed by atoms with Crippen LogP contribution in [0.5, 0.6) is 5.75 Å².